The van der Waals surface area contributed by atoms with Crippen LogP contribution >= 0.6 is 18.9 Å². The number of rotatable bonds is 9. The summed E-state index contributed by atoms with van der Waals surface area (Å²) < 4.78 is 65.3. The van der Waals surface area contributed by atoms with Gasteiger partial charge in [0.1, 0.15) is 11.5 Å². The third-order valence-electron chi connectivity index (χ3n) is 4.59. The maximum Gasteiger partial charge on any atom is 0.457 e. The predicted octanol–water partition coefficient (Wildman–Crippen LogP) is 6.93. The molecule has 0 bridgehead atoms. The van der Waals surface area contributed by atoms with Crippen molar-refractivity contribution in [3.8, 4) is 11.5 Å². The van der Waals surface area contributed by atoms with Crippen molar-refractivity contribution < 1.29 is 31.7 Å². The quantitative estimate of drug-likeness (QED) is 0.139. The van der Waals surface area contributed by atoms with Crippen LogP contribution in [0.25, 0.3) is 0 Å². The lowest BCUT2D eigenvalue weighted by atomic mass is 10.2. The molecule has 0 spiro atoms. The van der Waals surface area contributed by atoms with E-state index in [9.17, 15) is 27.9 Å². The minimum absolute atomic E-state index is 0.0585. The topological polar surface area (TPSA) is 116 Å². The number of non-ortho nitro benzene ring substituents is 1. The summed E-state index contributed by atoms with van der Waals surface area (Å²) in [6, 6.07) is 21.0. The number of alkyl halides is 3. The fourth-order valence-electron chi connectivity index (χ4n) is 3.05. The Labute approximate surface area is 206 Å². The molecule has 1 N–H and O–H groups in total. The molecule has 1 aromatic heterocycles. The van der Waals surface area contributed by atoms with E-state index in [4.69, 9.17) is 9.05 Å². The zero-order valence-electron chi connectivity index (χ0n) is 18.0. The molecule has 14 heteroatoms. The van der Waals surface area contributed by atoms with E-state index in [-0.39, 0.29) is 39.2 Å². The molecular weight excluding hydrogens is 520 g/mol. The molecule has 0 saturated heterocycles. The molecule has 36 heavy (non-hydrogen) atoms. The first-order chi connectivity index (χ1) is 17.1. The Balaban J connectivity index is 1.83. The average Bonchev–Trinajstić information content (AvgIpc) is 3.33. The summed E-state index contributed by atoms with van der Waals surface area (Å²) in [6.45, 7) is 0. The first-order valence-electron chi connectivity index (χ1n) is 10.1. The van der Waals surface area contributed by atoms with Crippen LogP contribution in [0.3, 0.4) is 0 Å². The van der Waals surface area contributed by atoms with E-state index in [1.165, 1.54) is 42.5 Å². The lowest BCUT2D eigenvalue weighted by Crippen LogP contribution is -2.18. The van der Waals surface area contributed by atoms with Gasteiger partial charge in [-0.3, -0.25) is 10.1 Å². The van der Waals surface area contributed by atoms with Crippen molar-refractivity contribution in [3.63, 3.8) is 0 Å². The van der Waals surface area contributed by atoms with E-state index < -0.39 is 29.5 Å². The first kappa shape index (κ1) is 25.1. The molecule has 0 aliphatic carbocycles. The number of para-hydroxylation sites is 2. The van der Waals surface area contributed by atoms with Crippen molar-refractivity contribution >= 4 is 29.8 Å². The van der Waals surface area contributed by atoms with E-state index in [0.717, 1.165) is 6.07 Å². The van der Waals surface area contributed by atoms with Crippen molar-refractivity contribution in [1.29, 1.82) is 0 Å². The lowest BCUT2D eigenvalue weighted by Gasteiger charge is -2.28. The van der Waals surface area contributed by atoms with Gasteiger partial charge in [-0.05, 0) is 29.8 Å². The van der Waals surface area contributed by atoms with Gasteiger partial charge < -0.3 is 14.4 Å². The van der Waals surface area contributed by atoms with Gasteiger partial charge >= 0.3 is 13.8 Å². The van der Waals surface area contributed by atoms with Gasteiger partial charge in [-0.2, -0.15) is 13.2 Å². The Morgan fingerprint density at radius 3 is 2.00 bits per heavy atom. The summed E-state index contributed by atoms with van der Waals surface area (Å²) in [5.74, 6) is -1.23. The molecule has 0 saturated carbocycles. The third kappa shape index (κ3) is 5.99. The number of nitrogens with zero attached hydrogens (tertiary/aromatic N) is 3. The minimum Gasteiger partial charge on any atom is -0.414 e. The van der Waals surface area contributed by atoms with Crippen LogP contribution in [-0.4, -0.2) is 15.1 Å². The number of anilines is 1. The SMILES string of the molecule is O=[N+]([O-])c1cccc(C(Nc2nnc(C(F)(F)F)s2)P(=O)(Oc2ccccc2)Oc2ccccc2)c1. The molecule has 0 radical (unpaired) electrons. The highest BCUT2D eigenvalue weighted by molar-refractivity contribution is 7.55. The zero-order valence-corrected chi connectivity index (χ0v) is 19.7. The third-order valence-corrected chi connectivity index (χ3v) is 7.48. The van der Waals surface area contributed by atoms with E-state index in [2.05, 4.69) is 15.5 Å². The molecule has 1 atom stereocenters. The van der Waals surface area contributed by atoms with Crippen molar-refractivity contribution in [2.75, 3.05) is 5.32 Å². The van der Waals surface area contributed by atoms with Crippen LogP contribution in [-0.2, 0) is 10.7 Å². The number of hydrogen-bond donors (Lipinski definition) is 1. The van der Waals surface area contributed by atoms with Gasteiger partial charge in [0.2, 0.25) is 10.1 Å². The molecule has 0 aliphatic rings. The Bertz CT molecular complexity index is 1340. The second-order valence-electron chi connectivity index (χ2n) is 7.16. The molecule has 186 valence electrons. The Hall–Kier alpha value is -3.96. The maximum atomic E-state index is 14.4. The van der Waals surface area contributed by atoms with Crippen LogP contribution < -0.4 is 14.4 Å². The molecule has 3 aromatic carbocycles. The number of nitrogens with one attached hydrogen (secondary N) is 1. The van der Waals surface area contributed by atoms with Gasteiger partial charge in [-0.25, -0.2) is 4.57 Å². The number of aromatic nitrogens is 2. The van der Waals surface area contributed by atoms with E-state index in [0.29, 0.717) is 0 Å². The second kappa shape index (κ2) is 10.3. The monoisotopic (exact) mass is 536 g/mol. The van der Waals surface area contributed by atoms with E-state index in [1.54, 1.807) is 36.4 Å². The first-order valence-corrected chi connectivity index (χ1v) is 12.6. The van der Waals surface area contributed by atoms with Gasteiger partial charge in [0.15, 0.2) is 5.78 Å². The fraction of sp³-hybridized carbons (Fsp3) is 0.0909. The molecule has 0 amide bonds. The normalized spacial score (nSPS) is 12.5. The van der Waals surface area contributed by atoms with E-state index in [1.807, 2.05) is 0 Å². The second-order valence-corrected chi connectivity index (χ2v) is 10.1. The molecule has 0 fully saturated rings. The van der Waals surface area contributed by atoms with Crippen LogP contribution in [0.2, 0.25) is 0 Å². The number of benzene rings is 3. The Morgan fingerprint density at radius 1 is 0.917 bits per heavy atom. The average molecular weight is 536 g/mol. The van der Waals surface area contributed by atoms with Crippen LogP contribution in [0.1, 0.15) is 16.4 Å². The fourth-order valence-corrected chi connectivity index (χ4v) is 5.66. The Kier molecular flexibility index (Phi) is 7.22. The maximum absolute atomic E-state index is 14.4. The summed E-state index contributed by atoms with van der Waals surface area (Å²) in [7, 11) is -4.42. The summed E-state index contributed by atoms with van der Waals surface area (Å²) in [6.07, 6.45) is -4.75. The number of nitro benzene ring substituents is 1. The molecule has 1 unspecified atom stereocenters. The summed E-state index contributed by atoms with van der Waals surface area (Å²) >= 11 is 0.178. The summed E-state index contributed by atoms with van der Waals surface area (Å²) in [4.78, 5) is 10.7. The highest BCUT2D eigenvalue weighted by Gasteiger charge is 2.43. The smallest absolute Gasteiger partial charge is 0.414 e. The predicted molar refractivity (Wildman–Crippen MR) is 126 cm³/mol. The molecule has 4 rings (SSSR count). The van der Waals surface area contributed by atoms with Crippen molar-refractivity contribution in [2.24, 2.45) is 0 Å². The van der Waals surface area contributed by atoms with Crippen molar-refractivity contribution in [1.82, 2.24) is 10.2 Å². The van der Waals surface area contributed by atoms with Gasteiger partial charge in [0.25, 0.3) is 5.69 Å². The molecule has 4 aromatic rings. The minimum atomic E-state index is -4.75. The molecule has 9 nitrogen and oxygen atoms in total. The number of nitro groups is 1. The van der Waals surface area contributed by atoms with Crippen LogP contribution in [0, 0.1) is 10.1 Å². The van der Waals surface area contributed by atoms with Crippen LogP contribution in [0.15, 0.2) is 84.9 Å². The van der Waals surface area contributed by atoms with Gasteiger partial charge in [0, 0.05) is 12.1 Å². The lowest BCUT2D eigenvalue weighted by molar-refractivity contribution is -0.384. The number of hydrogen-bond acceptors (Lipinski definition) is 9. The van der Waals surface area contributed by atoms with Gasteiger partial charge in [0.05, 0.1) is 4.92 Å². The van der Waals surface area contributed by atoms with Gasteiger partial charge in [-0.1, -0.05) is 59.9 Å². The molecule has 0 aliphatic heterocycles. The summed E-state index contributed by atoms with van der Waals surface area (Å²) in [5.41, 5.74) is -0.276. The van der Waals surface area contributed by atoms with Gasteiger partial charge in [-0.15, -0.1) is 10.2 Å². The Morgan fingerprint density at radius 2 is 1.50 bits per heavy atom. The highest BCUT2D eigenvalue weighted by Crippen LogP contribution is 2.60. The van der Waals surface area contributed by atoms with E-state index >= 15 is 0 Å². The number of halogens is 3. The van der Waals surface area contributed by atoms with Crippen LogP contribution in [0.4, 0.5) is 24.0 Å². The van der Waals surface area contributed by atoms with Crippen LogP contribution in [0.5, 0.6) is 11.5 Å². The zero-order chi connectivity index (χ0) is 25.8. The molecular formula is C22H16F3N4O5PS. The highest BCUT2D eigenvalue weighted by atomic mass is 32.1. The largest absolute Gasteiger partial charge is 0.457 e. The van der Waals surface area contributed by atoms with Crippen molar-refractivity contribution in [3.05, 3.63) is 106 Å². The summed E-state index contributed by atoms with van der Waals surface area (Å²) in [5, 5.41) is 19.1. The van der Waals surface area contributed by atoms with Crippen molar-refractivity contribution in [2.45, 2.75) is 12.0 Å². The molecule has 1 heterocycles. The standard InChI is InChI=1S/C22H16F3N4O5PS/c23-22(24,25)20-27-28-21(36-20)26-19(15-8-7-9-16(14-15)29(30)31)35(32,33-17-10-3-1-4-11-17)34-18-12-5-2-6-13-18/h1-14,19H,(H,26,28).